The number of aliphatic hydroxyl groups excluding tert-OH is 2. The average Bonchev–Trinajstić information content (AvgIpc) is 3.76. The second kappa shape index (κ2) is 13.7. The summed E-state index contributed by atoms with van der Waals surface area (Å²) in [6.45, 7) is 4.66. The minimum atomic E-state index is -0.954. The molecule has 230 valence electrons. The number of aryl methyl sites for hydroxylation is 1. The summed E-state index contributed by atoms with van der Waals surface area (Å²) in [5.41, 5.74) is 2.94. The molecule has 8 nitrogen and oxygen atoms in total. The zero-order valence-corrected chi connectivity index (χ0v) is 25.3. The van der Waals surface area contributed by atoms with Gasteiger partial charge in [0.25, 0.3) is 0 Å². The van der Waals surface area contributed by atoms with Crippen LogP contribution in [0.25, 0.3) is 0 Å². The van der Waals surface area contributed by atoms with E-state index in [4.69, 9.17) is 0 Å². The SMILES string of the molecule is CC(CNC(CO)c1ccc2c(c1)CCC1(CCCCCCCCCC1)N2)C(=O)N1CCN(C(O)C2(O)CC2)CC1. The number of nitrogens with zero attached hydrogens (tertiary/aromatic N) is 2. The highest BCUT2D eigenvalue weighted by molar-refractivity contribution is 5.78. The van der Waals surface area contributed by atoms with Crippen molar-refractivity contribution in [2.75, 3.05) is 44.6 Å². The van der Waals surface area contributed by atoms with Crippen LogP contribution < -0.4 is 10.6 Å². The highest BCUT2D eigenvalue weighted by Crippen LogP contribution is 2.40. The molecular formula is C33H54N4O4. The van der Waals surface area contributed by atoms with E-state index in [-0.39, 0.29) is 30.0 Å². The maximum absolute atomic E-state index is 13.2. The number of benzene rings is 1. The van der Waals surface area contributed by atoms with Gasteiger partial charge < -0.3 is 30.9 Å². The molecule has 8 heteroatoms. The van der Waals surface area contributed by atoms with Gasteiger partial charge in [-0.25, -0.2) is 0 Å². The van der Waals surface area contributed by atoms with Crippen LogP contribution in [0.5, 0.6) is 0 Å². The van der Waals surface area contributed by atoms with E-state index >= 15 is 0 Å². The number of piperazine rings is 1. The van der Waals surface area contributed by atoms with Crippen LogP contribution >= 0.6 is 0 Å². The first kappa shape index (κ1) is 30.7. The van der Waals surface area contributed by atoms with Crippen LogP contribution in [0.2, 0.25) is 0 Å². The van der Waals surface area contributed by atoms with Crippen molar-refractivity contribution in [3.8, 4) is 0 Å². The fraction of sp³-hybridized carbons (Fsp3) is 0.788. The van der Waals surface area contributed by atoms with Crippen molar-refractivity contribution < 1.29 is 20.1 Å². The number of amides is 1. The van der Waals surface area contributed by atoms with E-state index in [0.29, 0.717) is 45.6 Å². The van der Waals surface area contributed by atoms with Crippen molar-refractivity contribution >= 4 is 11.6 Å². The van der Waals surface area contributed by atoms with Crippen LogP contribution in [-0.2, 0) is 11.2 Å². The molecule has 1 saturated heterocycles. The van der Waals surface area contributed by atoms with E-state index in [9.17, 15) is 20.1 Å². The predicted octanol–water partition coefficient (Wildman–Crippen LogP) is 3.94. The van der Waals surface area contributed by atoms with Gasteiger partial charge in [0.1, 0.15) is 11.8 Å². The van der Waals surface area contributed by atoms with E-state index in [0.717, 1.165) is 12.0 Å². The normalized spacial score (nSPS) is 25.3. The lowest BCUT2D eigenvalue weighted by molar-refractivity contribution is -0.143. The second-order valence-corrected chi connectivity index (χ2v) is 13.5. The molecule has 5 N–H and O–H groups in total. The zero-order chi connectivity index (χ0) is 28.9. The minimum absolute atomic E-state index is 0.0173. The Kier molecular flexibility index (Phi) is 10.3. The lowest BCUT2D eigenvalue weighted by atomic mass is 9.78. The van der Waals surface area contributed by atoms with Crippen LogP contribution in [0.15, 0.2) is 18.2 Å². The molecular weight excluding hydrogens is 516 g/mol. The summed E-state index contributed by atoms with van der Waals surface area (Å²) in [5, 5.41) is 38.3. The summed E-state index contributed by atoms with van der Waals surface area (Å²) >= 11 is 0. The number of carbonyl (C=O) groups excluding carboxylic acids is 1. The Labute approximate surface area is 246 Å². The van der Waals surface area contributed by atoms with Gasteiger partial charge in [-0.05, 0) is 55.7 Å². The second-order valence-electron chi connectivity index (χ2n) is 13.5. The van der Waals surface area contributed by atoms with Gasteiger partial charge >= 0.3 is 0 Å². The Morgan fingerprint density at radius 1 is 0.951 bits per heavy atom. The molecule has 2 saturated carbocycles. The number of nitrogens with one attached hydrogen (secondary N) is 2. The van der Waals surface area contributed by atoms with Gasteiger partial charge in [0.15, 0.2) is 0 Å². The third kappa shape index (κ3) is 7.63. The molecule has 41 heavy (non-hydrogen) atoms. The molecule has 3 unspecified atom stereocenters. The third-order valence-electron chi connectivity index (χ3n) is 10.4. The molecule has 1 aromatic rings. The van der Waals surface area contributed by atoms with E-state index < -0.39 is 11.8 Å². The van der Waals surface area contributed by atoms with Crippen LogP contribution in [0.1, 0.15) is 108 Å². The molecule has 3 fully saturated rings. The van der Waals surface area contributed by atoms with Crippen molar-refractivity contribution in [1.29, 1.82) is 0 Å². The quantitative estimate of drug-likeness (QED) is 0.322. The zero-order valence-electron chi connectivity index (χ0n) is 25.3. The van der Waals surface area contributed by atoms with Crippen molar-refractivity contribution in [2.45, 2.75) is 120 Å². The van der Waals surface area contributed by atoms with Crippen LogP contribution in [0, 0.1) is 5.92 Å². The van der Waals surface area contributed by atoms with Crippen molar-refractivity contribution in [1.82, 2.24) is 15.1 Å². The maximum Gasteiger partial charge on any atom is 0.226 e. The number of aliphatic hydroxyl groups is 3. The van der Waals surface area contributed by atoms with Gasteiger partial charge in [0.05, 0.1) is 12.6 Å². The molecule has 1 spiro atoms. The summed E-state index contributed by atoms with van der Waals surface area (Å²) in [7, 11) is 0. The Bertz CT molecular complexity index is 995. The van der Waals surface area contributed by atoms with E-state index in [1.165, 1.54) is 81.9 Å². The maximum atomic E-state index is 13.2. The molecule has 1 aromatic carbocycles. The first-order valence-corrected chi connectivity index (χ1v) is 16.5. The van der Waals surface area contributed by atoms with Gasteiger partial charge in [-0.1, -0.05) is 70.4 Å². The Morgan fingerprint density at radius 2 is 1.59 bits per heavy atom. The molecule has 2 aliphatic heterocycles. The van der Waals surface area contributed by atoms with Gasteiger partial charge in [0.2, 0.25) is 5.91 Å². The number of rotatable bonds is 8. The first-order valence-electron chi connectivity index (χ1n) is 16.5. The van der Waals surface area contributed by atoms with E-state index in [1.807, 2.05) is 16.7 Å². The Hall–Kier alpha value is -1.71. The van der Waals surface area contributed by atoms with Crippen LogP contribution in [-0.4, -0.2) is 87.7 Å². The molecule has 2 aliphatic carbocycles. The molecule has 3 atom stereocenters. The highest BCUT2D eigenvalue weighted by atomic mass is 16.4. The topological polar surface area (TPSA) is 108 Å². The highest BCUT2D eigenvalue weighted by Gasteiger charge is 2.50. The number of fused-ring (bicyclic) bond motifs is 1. The molecule has 0 bridgehead atoms. The molecule has 2 heterocycles. The Morgan fingerprint density at radius 3 is 2.20 bits per heavy atom. The van der Waals surface area contributed by atoms with Crippen LogP contribution in [0.4, 0.5) is 5.69 Å². The molecule has 0 radical (unpaired) electrons. The van der Waals surface area contributed by atoms with Gasteiger partial charge in [-0.3, -0.25) is 9.69 Å². The fourth-order valence-electron chi connectivity index (χ4n) is 7.29. The van der Waals surface area contributed by atoms with E-state index in [2.05, 4.69) is 28.8 Å². The van der Waals surface area contributed by atoms with Gasteiger partial charge in [-0.2, -0.15) is 0 Å². The monoisotopic (exact) mass is 570 g/mol. The lowest BCUT2D eigenvalue weighted by Gasteiger charge is -2.41. The van der Waals surface area contributed by atoms with Gasteiger partial charge in [0, 0.05) is 49.9 Å². The molecule has 0 aromatic heterocycles. The standard InChI is InChI=1S/C33H54N4O4/c1-25(30(39)36-18-20-37(21-19-36)31(40)33(41)16-17-33)23-34-29(24-38)26-10-11-28-27(22-26)12-15-32(35-28)13-8-6-4-2-3-5-7-9-14-32/h10-11,22,25,29,31,34-35,38,40-41H,2-9,12-21,23-24H2,1H3. The van der Waals surface area contributed by atoms with Gasteiger partial charge in [-0.15, -0.1) is 0 Å². The smallest absolute Gasteiger partial charge is 0.226 e. The van der Waals surface area contributed by atoms with Crippen LogP contribution in [0.3, 0.4) is 0 Å². The average molecular weight is 571 g/mol. The molecule has 1 amide bonds. The summed E-state index contributed by atoms with van der Waals surface area (Å²) in [4.78, 5) is 16.9. The summed E-state index contributed by atoms with van der Waals surface area (Å²) < 4.78 is 0. The molecule has 5 rings (SSSR count). The Balaban J connectivity index is 1.12. The van der Waals surface area contributed by atoms with Crippen molar-refractivity contribution in [3.05, 3.63) is 29.3 Å². The first-order chi connectivity index (χ1) is 19.8. The molecule has 4 aliphatic rings. The fourth-order valence-corrected chi connectivity index (χ4v) is 7.29. The van der Waals surface area contributed by atoms with Crippen molar-refractivity contribution in [2.24, 2.45) is 5.92 Å². The van der Waals surface area contributed by atoms with E-state index in [1.54, 1.807) is 0 Å². The minimum Gasteiger partial charge on any atom is -0.394 e. The van der Waals surface area contributed by atoms with Crippen molar-refractivity contribution in [3.63, 3.8) is 0 Å². The summed E-state index contributed by atoms with van der Waals surface area (Å²) in [6.07, 6.45) is 16.1. The largest absolute Gasteiger partial charge is 0.394 e. The number of carbonyl (C=O) groups is 1. The number of anilines is 1. The number of hydrogen-bond acceptors (Lipinski definition) is 7. The summed E-state index contributed by atoms with van der Waals surface area (Å²) in [6, 6.07) is 6.38. The summed E-state index contributed by atoms with van der Waals surface area (Å²) in [5.74, 6) is -0.126. The lowest BCUT2D eigenvalue weighted by Crippen LogP contribution is -2.56. The number of hydrogen-bond donors (Lipinski definition) is 5. The predicted molar refractivity (Wildman–Crippen MR) is 163 cm³/mol. The third-order valence-corrected chi connectivity index (χ3v) is 10.4.